The summed E-state index contributed by atoms with van der Waals surface area (Å²) in [5.74, 6) is -0.0548. The standard InChI is InChI=1S/C9H18N2O2/c1-13-8-4-2-7(3-5-8)11-9(12)6-10/h7-8H,2-6,10H2,1H3,(H,11,12). The SMILES string of the molecule is COC1CCC(NC(=O)CN)CC1. The van der Waals surface area contributed by atoms with Crippen molar-refractivity contribution in [1.82, 2.24) is 5.32 Å². The molecule has 1 rings (SSSR count). The van der Waals surface area contributed by atoms with Crippen LogP contribution in [0.5, 0.6) is 0 Å². The molecule has 0 atom stereocenters. The quantitative estimate of drug-likeness (QED) is 0.653. The van der Waals surface area contributed by atoms with Crippen molar-refractivity contribution >= 4 is 5.91 Å². The molecule has 0 radical (unpaired) electrons. The van der Waals surface area contributed by atoms with Gasteiger partial charge in [0.25, 0.3) is 0 Å². The van der Waals surface area contributed by atoms with Gasteiger partial charge < -0.3 is 15.8 Å². The Morgan fingerprint density at radius 3 is 2.54 bits per heavy atom. The molecule has 0 aliphatic heterocycles. The van der Waals surface area contributed by atoms with Crippen LogP contribution in [0.4, 0.5) is 0 Å². The van der Waals surface area contributed by atoms with Crippen LogP contribution < -0.4 is 11.1 Å². The molecule has 1 fully saturated rings. The molecule has 1 aliphatic carbocycles. The number of nitrogens with two attached hydrogens (primary N) is 1. The first-order chi connectivity index (χ1) is 6.26. The highest BCUT2D eigenvalue weighted by Crippen LogP contribution is 2.20. The largest absolute Gasteiger partial charge is 0.381 e. The third-order valence-electron chi connectivity index (χ3n) is 2.56. The average Bonchev–Trinajstić information content (AvgIpc) is 2.19. The van der Waals surface area contributed by atoms with E-state index in [1.165, 1.54) is 0 Å². The molecule has 0 saturated heterocycles. The Kier molecular flexibility index (Phi) is 4.18. The van der Waals surface area contributed by atoms with E-state index in [1.807, 2.05) is 0 Å². The van der Waals surface area contributed by atoms with Crippen molar-refractivity contribution in [3.8, 4) is 0 Å². The second kappa shape index (κ2) is 5.19. The monoisotopic (exact) mass is 186 g/mol. The van der Waals surface area contributed by atoms with Gasteiger partial charge in [-0.25, -0.2) is 0 Å². The van der Waals surface area contributed by atoms with Crippen molar-refractivity contribution in [2.45, 2.75) is 37.8 Å². The van der Waals surface area contributed by atoms with Gasteiger partial charge in [0.2, 0.25) is 5.91 Å². The molecule has 0 heterocycles. The number of carbonyl (C=O) groups is 1. The molecular weight excluding hydrogens is 168 g/mol. The number of hydrogen-bond acceptors (Lipinski definition) is 3. The van der Waals surface area contributed by atoms with Crippen LogP contribution >= 0.6 is 0 Å². The van der Waals surface area contributed by atoms with Crippen molar-refractivity contribution in [3.63, 3.8) is 0 Å². The van der Waals surface area contributed by atoms with Crippen LogP contribution in [-0.4, -0.2) is 31.7 Å². The van der Waals surface area contributed by atoms with E-state index in [0.29, 0.717) is 12.1 Å². The van der Waals surface area contributed by atoms with Gasteiger partial charge in [0.05, 0.1) is 12.6 Å². The molecule has 0 unspecified atom stereocenters. The Hall–Kier alpha value is -0.610. The zero-order valence-electron chi connectivity index (χ0n) is 8.08. The van der Waals surface area contributed by atoms with Crippen LogP contribution in [0.2, 0.25) is 0 Å². The summed E-state index contributed by atoms with van der Waals surface area (Å²) in [5, 5.41) is 2.89. The molecular formula is C9H18N2O2. The van der Waals surface area contributed by atoms with E-state index in [9.17, 15) is 4.79 Å². The zero-order chi connectivity index (χ0) is 9.68. The maximum atomic E-state index is 11.0. The fraction of sp³-hybridized carbons (Fsp3) is 0.889. The Labute approximate surface area is 78.8 Å². The Bertz CT molecular complexity index is 165. The van der Waals surface area contributed by atoms with Crippen LogP contribution in [0, 0.1) is 0 Å². The van der Waals surface area contributed by atoms with Gasteiger partial charge in [-0.15, -0.1) is 0 Å². The second-order valence-corrected chi connectivity index (χ2v) is 3.48. The van der Waals surface area contributed by atoms with Crippen LogP contribution in [0.25, 0.3) is 0 Å². The second-order valence-electron chi connectivity index (χ2n) is 3.48. The molecule has 4 nitrogen and oxygen atoms in total. The van der Waals surface area contributed by atoms with Crippen LogP contribution in [-0.2, 0) is 9.53 Å². The summed E-state index contributed by atoms with van der Waals surface area (Å²) in [5.41, 5.74) is 5.21. The summed E-state index contributed by atoms with van der Waals surface area (Å²) in [6.45, 7) is 0.0875. The molecule has 0 aromatic heterocycles. The number of hydrogen-bond donors (Lipinski definition) is 2. The fourth-order valence-electron chi connectivity index (χ4n) is 1.73. The highest BCUT2D eigenvalue weighted by Gasteiger charge is 2.21. The summed E-state index contributed by atoms with van der Waals surface area (Å²) >= 11 is 0. The smallest absolute Gasteiger partial charge is 0.233 e. The number of ether oxygens (including phenoxy) is 1. The number of carbonyl (C=O) groups excluding carboxylic acids is 1. The topological polar surface area (TPSA) is 64.3 Å². The summed E-state index contributed by atoms with van der Waals surface area (Å²) in [4.78, 5) is 11.0. The van der Waals surface area contributed by atoms with Gasteiger partial charge in [-0.3, -0.25) is 4.79 Å². The van der Waals surface area contributed by atoms with E-state index in [1.54, 1.807) is 7.11 Å². The summed E-state index contributed by atoms with van der Waals surface area (Å²) < 4.78 is 5.23. The van der Waals surface area contributed by atoms with Gasteiger partial charge in [-0.1, -0.05) is 0 Å². The van der Waals surface area contributed by atoms with Gasteiger partial charge in [0, 0.05) is 13.2 Å². The van der Waals surface area contributed by atoms with Gasteiger partial charge in [0.15, 0.2) is 0 Å². The highest BCUT2D eigenvalue weighted by atomic mass is 16.5. The maximum absolute atomic E-state index is 11.0. The molecule has 1 saturated carbocycles. The number of methoxy groups -OCH3 is 1. The zero-order valence-corrected chi connectivity index (χ0v) is 8.08. The first-order valence-corrected chi connectivity index (χ1v) is 4.78. The predicted molar refractivity (Wildman–Crippen MR) is 50.3 cm³/mol. The number of nitrogens with one attached hydrogen (secondary N) is 1. The van der Waals surface area contributed by atoms with Crippen molar-refractivity contribution in [1.29, 1.82) is 0 Å². The fourth-order valence-corrected chi connectivity index (χ4v) is 1.73. The minimum Gasteiger partial charge on any atom is -0.381 e. The molecule has 13 heavy (non-hydrogen) atoms. The Morgan fingerprint density at radius 2 is 2.08 bits per heavy atom. The summed E-state index contributed by atoms with van der Waals surface area (Å²) in [6.07, 6.45) is 4.46. The molecule has 0 spiro atoms. The molecule has 4 heteroatoms. The lowest BCUT2D eigenvalue weighted by molar-refractivity contribution is -0.120. The van der Waals surface area contributed by atoms with E-state index in [-0.39, 0.29) is 12.5 Å². The van der Waals surface area contributed by atoms with E-state index >= 15 is 0 Å². The van der Waals surface area contributed by atoms with Crippen molar-refractivity contribution < 1.29 is 9.53 Å². The number of amides is 1. The average molecular weight is 186 g/mol. The lowest BCUT2D eigenvalue weighted by Gasteiger charge is -2.27. The lowest BCUT2D eigenvalue weighted by atomic mass is 9.93. The molecule has 1 aliphatic rings. The van der Waals surface area contributed by atoms with Gasteiger partial charge in [-0.05, 0) is 25.7 Å². The molecule has 1 amide bonds. The summed E-state index contributed by atoms with van der Waals surface area (Å²) in [6, 6.07) is 0.308. The predicted octanol–water partition coefficient (Wildman–Crippen LogP) is 0.0189. The first-order valence-electron chi connectivity index (χ1n) is 4.78. The van der Waals surface area contributed by atoms with Gasteiger partial charge in [0.1, 0.15) is 0 Å². The number of rotatable bonds is 3. The Morgan fingerprint density at radius 1 is 1.46 bits per heavy atom. The third-order valence-corrected chi connectivity index (χ3v) is 2.56. The van der Waals surface area contributed by atoms with Crippen LogP contribution in [0.3, 0.4) is 0 Å². The van der Waals surface area contributed by atoms with Crippen molar-refractivity contribution in [2.75, 3.05) is 13.7 Å². The molecule has 0 bridgehead atoms. The lowest BCUT2D eigenvalue weighted by Crippen LogP contribution is -2.41. The van der Waals surface area contributed by atoms with Gasteiger partial charge in [-0.2, -0.15) is 0 Å². The molecule has 76 valence electrons. The van der Waals surface area contributed by atoms with Crippen molar-refractivity contribution in [2.24, 2.45) is 5.73 Å². The first kappa shape index (κ1) is 10.5. The van der Waals surface area contributed by atoms with Crippen LogP contribution in [0.1, 0.15) is 25.7 Å². The van der Waals surface area contributed by atoms with E-state index in [4.69, 9.17) is 10.5 Å². The van der Waals surface area contributed by atoms with E-state index < -0.39 is 0 Å². The molecule has 0 aromatic rings. The van der Waals surface area contributed by atoms with Crippen molar-refractivity contribution in [3.05, 3.63) is 0 Å². The van der Waals surface area contributed by atoms with E-state index in [2.05, 4.69) is 5.32 Å². The minimum atomic E-state index is -0.0548. The molecule has 3 N–H and O–H groups in total. The van der Waals surface area contributed by atoms with Gasteiger partial charge >= 0.3 is 0 Å². The highest BCUT2D eigenvalue weighted by molar-refractivity contribution is 5.78. The van der Waals surface area contributed by atoms with Crippen LogP contribution in [0.15, 0.2) is 0 Å². The third kappa shape index (κ3) is 3.32. The molecule has 0 aromatic carbocycles. The summed E-state index contributed by atoms with van der Waals surface area (Å²) in [7, 11) is 1.74. The normalized spacial score (nSPS) is 28.5. The maximum Gasteiger partial charge on any atom is 0.233 e. The Balaban J connectivity index is 2.21. The van der Waals surface area contributed by atoms with E-state index in [0.717, 1.165) is 25.7 Å². The minimum absolute atomic E-state index is 0.0548.